The maximum atomic E-state index is 13.0. The minimum absolute atomic E-state index is 0.0189. The molecule has 0 saturated carbocycles. The van der Waals surface area contributed by atoms with Gasteiger partial charge in [-0.1, -0.05) is 0 Å². The van der Waals surface area contributed by atoms with Gasteiger partial charge in [0.25, 0.3) is 0 Å². The van der Waals surface area contributed by atoms with Crippen LogP contribution < -0.4 is 0 Å². The van der Waals surface area contributed by atoms with Crippen molar-refractivity contribution in [3.05, 3.63) is 41.9 Å². The maximum absolute atomic E-state index is 13.0. The lowest BCUT2D eigenvalue weighted by Crippen LogP contribution is -2.14. The molecule has 0 radical (unpaired) electrons. The Kier molecular flexibility index (Phi) is 2.66. The summed E-state index contributed by atoms with van der Waals surface area (Å²) in [6, 6.07) is 2.37. The van der Waals surface area contributed by atoms with E-state index in [1.54, 1.807) is 0 Å². The van der Waals surface area contributed by atoms with Crippen molar-refractivity contribution in [2.45, 2.75) is 12.4 Å². The number of rotatable bonds is 0. The lowest BCUT2D eigenvalue weighted by molar-refractivity contribution is -0.144. The first-order valence-electron chi connectivity index (χ1n) is 5.59. The second-order valence-electron chi connectivity index (χ2n) is 4.28. The highest BCUT2D eigenvalue weighted by atomic mass is 19.4. The number of hydrogen-bond acceptors (Lipinski definition) is 2. The minimum Gasteiger partial charge on any atom is -0.284 e. The van der Waals surface area contributed by atoms with Crippen LogP contribution >= 0.6 is 0 Å². The zero-order valence-corrected chi connectivity index (χ0v) is 10.00. The van der Waals surface area contributed by atoms with Crippen LogP contribution in [0.15, 0.2) is 30.6 Å². The number of nitrogens with zero attached hydrogens (tertiary/aromatic N) is 3. The highest BCUT2D eigenvalue weighted by Crippen LogP contribution is 2.38. The number of hydrogen-bond donors (Lipinski definition) is 0. The van der Waals surface area contributed by atoms with E-state index in [1.165, 1.54) is 18.5 Å². The molecule has 0 unspecified atom stereocenters. The van der Waals surface area contributed by atoms with E-state index in [-0.39, 0.29) is 11.7 Å². The second kappa shape index (κ2) is 4.09. The van der Waals surface area contributed by atoms with Gasteiger partial charge in [-0.25, -0.2) is 9.97 Å². The van der Waals surface area contributed by atoms with Crippen molar-refractivity contribution in [1.29, 1.82) is 0 Å². The van der Waals surface area contributed by atoms with Crippen molar-refractivity contribution >= 4 is 16.7 Å². The molecule has 0 aliphatic rings. The number of halogens is 6. The Labute approximate surface area is 112 Å². The molecule has 3 nitrogen and oxygen atoms in total. The molecule has 110 valence electrons. The summed E-state index contributed by atoms with van der Waals surface area (Å²) in [7, 11) is 0. The van der Waals surface area contributed by atoms with E-state index in [1.807, 2.05) is 0 Å². The third kappa shape index (κ3) is 2.18. The minimum atomic E-state index is -4.98. The fraction of sp³-hybridized carbons (Fsp3) is 0.167. The predicted molar refractivity (Wildman–Crippen MR) is 60.5 cm³/mol. The highest BCUT2D eigenvalue weighted by Gasteiger charge is 2.39. The van der Waals surface area contributed by atoms with Gasteiger partial charge in [0.2, 0.25) is 0 Å². The van der Waals surface area contributed by atoms with Gasteiger partial charge in [-0.2, -0.15) is 26.3 Å². The number of fused-ring (bicyclic) bond motifs is 3. The van der Waals surface area contributed by atoms with E-state index in [4.69, 9.17) is 0 Å². The normalized spacial score (nSPS) is 13.2. The van der Waals surface area contributed by atoms with Crippen LogP contribution in [0.4, 0.5) is 26.3 Å². The van der Waals surface area contributed by atoms with Crippen LogP contribution in [0.3, 0.4) is 0 Å². The molecule has 0 saturated heterocycles. The van der Waals surface area contributed by atoms with E-state index >= 15 is 0 Å². The largest absolute Gasteiger partial charge is 0.433 e. The molecule has 3 rings (SSSR count). The molecular weight excluding hydrogens is 300 g/mol. The van der Waals surface area contributed by atoms with Crippen molar-refractivity contribution in [3.63, 3.8) is 0 Å². The van der Waals surface area contributed by atoms with Gasteiger partial charge in [0.05, 0.1) is 5.56 Å². The third-order valence-corrected chi connectivity index (χ3v) is 2.93. The Hall–Kier alpha value is -2.32. The summed E-state index contributed by atoms with van der Waals surface area (Å²) >= 11 is 0. The molecule has 3 aromatic heterocycles. The van der Waals surface area contributed by atoms with Crippen molar-refractivity contribution in [2.75, 3.05) is 0 Å². The second-order valence-corrected chi connectivity index (χ2v) is 4.28. The van der Waals surface area contributed by atoms with Gasteiger partial charge in [-0.05, 0) is 18.2 Å². The maximum Gasteiger partial charge on any atom is 0.433 e. The van der Waals surface area contributed by atoms with Crippen molar-refractivity contribution in [2.24, 2.45) is 0 Å². The van der Waals surface area contributed by atoms with Crippen LogP contribution in [0.5, 0.6) is 0 Å². The van der Waals surface area contributed by atoms with Crippen molar-refractivity contribution in [3.8, 4) is 0 Å². The number of alkyl halides is 6. The van der Waals surface area contributed by atoms with Crippen molar-refractivity contribution < 1.29 is 26.3 Å². The van der Waals surface area contributed by atoms with Gasteiger partial charge in [0.15, 0.2) is 0 Å². The first kappa shape index (κ1) is 13.7. The smallest absolute Gasteiger partial charge is 0.284 e. The van der Waals surface area contributed by atoms with Crippen LogP contribution in [0.25, 0.3) is 16.7 Å². The molecule has 9 heteroatoms. The van der Waals surface area contributed by atoms with Crippen molar-refractivity contribution in [1.82, 2.24) is 14.4 Å². The van der Waals surface area contributed by atoms with Crippen LogP contribution in [-0.4, -0.2) is 14.4 Å². The molecule has 21 heavy (non-hydrogen) atoms. The molecule has 3 heterocycles. The summed E-state index contributed by atoms with van der Waals surface area (Å²) in [5.74, 6) is 0. The van der Waals surface area contributed by atoms with Crippen LogP contribution in [0.2, 0.25) is 0 Å². The summed E-state index contributed by atoms with van der Waals surface area (Å²) in [5.41, 5.74) is -3.20. The van der Waals surface area contributed by atoms with E-state index in [0.717, 1.165) is 10.5 Å². The van der Waals surface area contributed by atoms with Gasteiger partial charge in [-0.15, -0.1) is 0 Å². The van der Waals surface area contributed by atoms with E-state index in [2.05, 4.69) is 9.97 Å². The first-order chi connectivity index (χ1) is 9.68. The standard InChI is InChI=1S/C12H5F6N3/c13-11(14,15)7-5-8(12(16,17)18)20-10-6(7)1-2-9-19-3-4-21(9)10/h1-5H. The first-order valence-corrected chi connectivity index (χ1v) is 5.59. The Balaban J connectivity index is 2.49. The lowest BCUT2D eigenvalue weighted by Gasteiger charge is -2.14. The quantitative estimate of drug-likeness (QED) is 0.589. The van der Waals surface area contributed by atoms with Gasteiger partial charge in [-0.3, -0.25) is 4.40 Å². The SMILES string of the molecule is FC(F)(F)c1cc(C(F)(F)F)c2ccc3nccn3c2n1. The predicted octanol–water partition coefficient (Wildman–Crippen LogP) is 3.92. The van der Waals surface area contributed by atoms with Gasteiger partial charge in [0, 0.05) is 17.8 Å². The molecule has 0 atom stereocenters. The number of imidazole rings is 1. The average molecular weight is 305 g/mol. The molecule has 0 bridgehead atoms. The lowest BCUT2D eigenvalue weighted by atomic mass is 10.1. The molecule has 0 fully saturated rings. The molecule has 3 aromatic rings. The monoisotopic (exact) mass is 305 g/mol. The van der Waals surface area contributed by atoms with E-state index < -0.39 is 34.6 Å². The van der Waals surface area contributed by atoms with E-state index in [0.29, 0.717) is 0 Å². The Bertz CT molecular complexity index is 830. The molecule has 0 aromatic carbocycles. The number of aromatic nitrogens is 3. The fourth-order valence-electron chi connectivity index (χ4n) is 2.04. The molecule has 0 N–H and O–H groups in total. The summed E-state index contributed by atoms with van der Waals surface area (Å²) in [6.07, 6.45) is -7.37. The fourth-order valence-corrected chi connectivity index (χ4v) is 2.04. The summed E-state index contributed by atoms with van der Waals surface area (Å²) < 4.78 is 78.3. The summed E-state index contributed by atoms with van der Waals surface area (Å²) in [5, 5.41) is -0.416. The van der Waals surface area contributed by atoms with E-state index in [9.17, 15) is 26.3 Å². The Morgan fingerprint density at radius 1 is 0.952 bits per heavy atom. The molecular formula is C12H5F6N3. The Morgan fingerprint density at radius 3 is 2.29 bits per heavy atom. The summed E-state index contributed by atoms with van der Waals surface area (Å²) in [4.78, 5) is 7.13. The average Bonchev–Trinajstić information content (AvgIpc) is 2.83. The summed E-state index contributed by atoms with van der Waals surface area (Å²) in [6.45, 7) is 0. The zero-order chi connectivity index (χ0) is 15.4. The highest BCUT2D eigenvalue weighted by molar-refractivity contribution is 5.82. The van der Waals surface area contributed by atoms with Crippen LogP contribution in [-0.2, 0) is 12.4 Å². The Morgan fingerprint density at radius 2 is 1.67 bits per heavy atom. The van der Waals surface area contributed by atoms with Crippen LogP contribution in [0, 0.1) is 0 Å². The topological polar surface area (TPSA) is 30.2 Å². The molecule has 0 aliphatic heterocycles. The molecule has 0 aliphatic carbocycles. The molecule has 0 spiro atoms. The zero-order valence-electron chi connectivity index (χ0n) is 10.00. The van der Waals surface area contributed by atoms with Gasteiger partial charge >= 0.3 is 12.4 Å². The molecule has 0 amide bonds. The number of pyridine rings is 2. The van der Waals surface area contributed by atoms with Gasteiger partial charge < -0.3 is 0 Å². The van der Waals surface area contributed by atoms with Gasteiger partial charge in [0.1, 0.15) is 17.0 Å². The third-order valence-electron chi connectivity index (χ3n) is 2.93. The van der Waals surface area contributed by atoms with Crippen LogP contribution in [0.1, 0.15) is 11.3 Å².